The Labute approximate surface area is 107 Å². The lowest BCUT2D eigenvalue weighted by Crippen LogP contribution is -2.19. The van der Waals surface area contributed by atoms with Crippen LogP contribution >= 0.6 is 11.6 Å². The molecule has 0 amide bonds. The molecule has 0 N–H and O–H groups in total. The molecule has 2 nitrogen and oxygen atoms in total. The van der Waals surface area contributed by atoms with Crippen LogP contribution < -0.4 is 4.90 Å². The minimum Gasteiger partial charge on any atom is -0.343 e. The van der Waals surface area contributed by atoms with Crippen molar-refractivity contribution < 1.29 is 4.21 Å². The van der Waals surface area contributed by atoms with E-state index < -0.39 is 10.8 Å². The summed E-state index contributed by atoms with van der Waals surface area (Å²) in [6.45, 7) is 0. The van der Waals surface area contributed by atoms with Gasteiger partial charge in [-0.1, -0.05) is 23.7 Å². The molecule has 2 aromatic carbocycles. The Morgan fingerprint density at radius 2 is 1.76 bits per heavy atom. The summed E-state index contributed by atoms with van der Waals surface area (Å²) in [5.41, 5.74) is 1.94. The second kappa shape index (κ2) is 3.86. The molecular weight excluding hydrogens is 254 g/mol. The lowest BCUT2D eigenvalue weighted by Gasteiger charge is -2.29. The van der Waals surface area contributed by atoms with E-state index in [4.69, 9.17) is 11.6 Å². The number of rotatable bonds is 0. The highest BCUT2D eigenvalue weighted by Crippen LogP contribution is 2.41. The minimum absolute atomic E-state index is 0.616. The van der Waals surface area contributed by atoms with Crippen molar-refractivity contribution in [2.45, 2.75) is 9.79 Å². The smallest absolute Gasteiger partial charge is 0.0892 e. The Balaban J connectivity index is 2.29. The van der Waals surface area contributed by atoms with E-state index in [0.717, 1.165) is 21.2 Å². The van der Waals surface area contributed by atoms with E-state index in [1.807, 2.05) is 48.3 Å². The van der Waals surface area contributed by atoms with Crippen molar-refractivity contribution in [2.75, 3.05) is 11.9 Å². The molecule has 1 heterocycles. The summed E-state index contributed by atoms with van der Waals surface area (Å²) in [7, 11) is 0.827. The van der Waals surface area contributed by atoms with Gasteiger partial charge in [0.05, 0.1) is 32.0 Å². The van der Waals surface area contributed by atoms with Crippen LogP contribution in [0.25, 0.3) is 0 Å². The lowest BCUT2D eigenvalue weighted by molar-refractivity contribution is 0.682. The summed E-state index contributed by atoms with van der Waals surface area (Å²) in [4.78, 5) is 3.66. The van der Waals surface area contributed by atoms with Crippen LogP contribution in [0.2, 0.25) is 5.02 Å². The Morgan fingerprint density at radius 1 is 1.06 bits per heavy atom. The third kappa shape index (κ3) is 1.58. The number of para-hydroxylation sites is 1. The van der Waals surface area contributed by atoms with E-state index in [1.165, 1.54) is 0 Å². The standard InChI is InChI=1S/C13H10ClNOS/c1-15-10-4-2-3-5-12(10)17(16)13-8-9(14)6-7-11(13)15/h2-8H,1H3. The van der Waals surface area contributed by atoms with E-state index in [2.05, 4.69) is 0 Å². The highest BCUT2D eigenvalue weighted by molar-refractivity contribution is 7.85. The Kier molecular flexibility index (Phi) is 2.45. The van der Waals surface area contributed by atoms with Gasteiger partial charge in [-0.15, -0.1) is 0 Å². The molecule has 1 aliphatic heterocycles. The first kappa shape index (κ1) is 10.8. The number of halogens is 1. The second-order valence-electron chi connectivity index (χ2n) is 3.91. The van der Waals surface area contributed by atoms with E-state index in [0.29, 0.717) is 5.02 Å². The van der Waals surface area contributed by atoms with E-state index in [9.17, 15) is 4.21 Å². The molecule has 1 atom stereocenters. The van der Waals surface area contributed by atoms with E-state index in [-0.39, 0.29) is 0 Å². The molecule has 0 saturated carbocycles. The Morgan fingerprint density at radius 3 is 2.59 bits per heavy atom. The molecule has 17 heavy (non-hydrogen) atoms. The minimum atomic E-state index is -1.15. The first-order chi connectivity index (χ1) is 8.18. The van der Waals surface area contributed by atoms with Crippen LogP contribution in [0.5, 0.6) is 0 Å². The molecule has 0 radical (unpaired) electrons. The average molecular weight is 264 g/mol. The molecule has 1 unspecified atom stereocenters. The molecule has 0 aromatic heterocycles. The van der Waals surface area contributed by atoms with Gasteiger partial charge in [0, 0.05) is 12.1 Å². The first-order valence-electron chi connectivity index (χ1n) is 5.22. The number of hydrogen-bond acceptors (Lipinski definition) is 2. The van der Waals surface area contributed by atoms with Gasteiger partial charge < -0.3 is 4.90 Å². The van der Waals surface area contributed by atoms with Crippen LogP contribution in [-0.4, -0.2) is 11.3 Å². The number of benzene rings is 2. The zero-order valence-electron chi connectivity index (χ0n) is 9.18. The van der Waals surface area contributed by atoms with Crippen LogP contribution in [-0.2, 0) is 10.8 Å². The van der Waals surface area contributed by atoms with Crippen LogP contribution in [0.3, 0.4) is 0 Å². The fourth-order valence-corrected chi connectivity index (χ4v) is 3.75. The van der Waals surface area contributed by atoms with Crippen molar-refractivity contribution in [2.24, 2.45) is 0 Å². The van der Waals surface area contributed by atoms with Gasteiger partial charge in [-0.2, -0.15) is 0 Å². The summed E-state index contributed by atoms with van der Waals surface area (Å²) in [6, 6.07) is 13.2. The van der Waals surface area contributed by atoms with Gasteiger partial charge in [0.2, 0.25) is 0 Å². The molecule has 0 saturated heterocycles. The van der Waals surface area contributed by atoms with Crippen molar-refractivity contribution in [3.8, 4) is 0 Å². The van der Waals surface area contributed by atoms with Crippen molar-refractivity contribution in [1.29, 1.82) is 0 Å². The third-order valence-corrected chi connectivity index (χ3v) is 4.62. The molecule has 0 aliphatic carbocycles. The zero-order chi connectivity index (χ0) is 12.0. The molecule has 2 aromatic rings. The summed E-state index contributed by atoms with van der Waals surface area (Å²) in [6.07, 6.45) is 0. The average Bonchev–Trinajstić information content (AvgIpc) is 2.36. The van der Waals surface area contributed by atoms with Gasteiger partial charge in [0.1, 0.15) is 0 Å². The van der Waals surface area contributed by atoms with Crippen molar-refractivity contribution in [3.05, 3.63) is 47.5 Å². The molecule has 1 aliphatic rings. The van der Waals surface area contributed by atoms with Gasteiger partial charge in [-0.25, -0.2) is 4.21 Å². The van der Waals surface area contributed by atoms with Crippen LogP contribution in [0.1, 0.15) is 0 Å². The van der Waals surface area contributed by atoms with E-state index in [1.54, 1.807) is 6.07 Å². The van der Waals surface area contributed by atoms with Gasteiger partial charge in [-0.3, -0.25) is 0 Å². The summed E-state index contributed by atoms with van der Waals surface area (Å²) in [5, 5.41) is 0.616. The van der Waals surface area contributed by atoms with Gasteiger partial charge in [-0.05, 0) is 30.3 Å². The Bertz CT molecular complexity index is 627. The molecular formula is C13H10ClNOS. The Hall–Kier alpha value is -1.32. The highest BCUT2D eigenvalue weighted by atomic mass is 35.5. The van der Waals surface area contributed by atoms with Crippen LogP contribution in [0.4, 0.5) is 11.4 Å². The van der Waals surface area contributed by atoms with Gasteiger partial charge in [0.15, 0.2) is 0 Å². The molecule has 4 heteroatoms. The summed E-state index contributed by atoms with van der Waals surface area (Å²) < 4.78 is 12.4. The summed E-state index contributed by atoms with van der Waals surface area (Å²) in [5.74, 6) is 0. The zero-order valence-corrected chi connectivity index (χ0v) is 10.8. The fourth-order valence-electron chi connectivity index (χ4n) is 2.05. The fraction of sp³-hybridized carbons (Fsp3) is 0.0769. The number of nitrogens with zero attached hydrogens (tertiary/aromatic N) is 1. The maximum atomic E-state index is 12.4. The lowest BCUT2D eigenvalue weighted by atomic mass is 10.2. The molecule has 0 fully saturated rings. The second-order valence-corrected chi connectivity index (χ2v) is 5.76. The topological polar surface area (TPSA) is 20.3 Å². The molecule has 3 rings (SSSR count). The van der Waals surface area contributed by atoms with Crippen LogP contribution in [0.15, 0.2) is 52.3 Å². The normalized spacial score (nSPS) is 17.5. The summed E-state index contributed by atoms with van der Waals surface area (Å²) >= 11 is 5.96. The monoisotopic (exact) mass is 263 g/mol. The van der Waals surface area contributed by atoms with E-state index >= 15 is 0 Å². The SMILES string of the molecule is CN1c2ccccc2S(=O)c2cc(Cl)ccc21. The van der Waals surface area contributed by atoms with Crippen molar-refractivity contribution in [1.82, 2.24) is 0 Å². The predicted molar refractivity (Wildman–Crippen MR) is 70.6 cm³/mol. The maximum absolute atomic E-state index is 12.4. The van der Waals surface area contributed by atoms with Crippen molar-refractivity contribution >= 4 is 33.8 Å². The highest BCUT2D eigenvalue weighted by Gasteiger charge is 2.25. The number of hydrogen-bond donors (Lipinski definition) is 0. The quantitative estimate of drug-likeness (QED) is 0.724. The third-order valence-electron chi connectivity index (χ3n) is 2.91. The predicted octanol–water partition coefficient (Wildman–Crippen LogP) is 3.59. The first-order valence-corrected chi connectivity index (χ1v) is 6.75. The van der Waals surface area contributed by atoms with Gasteiger partial charge >= 0.3 is 0 Å². The number of fused-ring (bicyclic) bond motifs is 2. The molecule has 86 valence electrons. The van der Waals surface area contributed by atoms with Crippen molar-refractivity contribution in [3.63, 3.8) is 0 Å². The number of anilines is 2. The van der Waals surface area contributed by atoms with Crippen LogP contribution in [0, 0.1) is 0 Å². The maximum Gasteiger partial charge on any atom is 0.0892 e. The molecule has 0 bridgehead atoms. The van der Waals surface area contributed by atoms with Gasteiger partial charge in [0.25, 0.3) is 0 Å². The molecule has 0 spiro atoms. The largest absolute Gasteiger partial charge is 0.343 e.